The Morgan fingerprint density at radius 3 is 1.00 bits per heavy atom. The second kappa shape index (κ2) is 16.1. The third-order valence-electron chi connectivity index (χ3n) is 0. The van der Waals surface area contributed by atoms with Gasteiger partial charge in [-0.3, -0.25) is 0 Å². The molecular formula is AlFeGdY. The van der Waals surface area contributed by atoms with Crippen LogP contribution in [0, 0.1) is 39.9 Å². The topological polar surface area (TPSA) is 0 Å². The van der Waals surface area contributed by atoms with Crippen molar-refractivity contribution in [2.24, 2.45) is 0 Å². The smallest absolute Gasteiger partial charge is 0 e. The molecule has 0 fully saturated rings. The quantitative estimate of drug-likeness (QED) is 0.532. The summed E-state index contributed by atoms with van der Waals surface area (Å²) in [5, 5.41) is 0. The fourth-order valence-electron chi connectivity index (χ4n) is 0. The minimum atomic E-state index is 0. The Hall–Kier alpha value is 3.48. The molecule has 0 aromatic rings. The van der Waals surface area contributed by atoms with E-state index in [0.29, 0.717) is 0 Å². The van der Waals surface area contributed by atoms with Gasteiger partial charge in [0.15, 0.2) is 0 Å². The number of hydrogen-bond acceptors (Lipinski definition) is 0. The van der Waals surface area contributed by atoms with Crippen molar-refractivity contribution in [2.45, 2.75) is 0 Å². The molecule has 0 aliphatic rings. The molecule has 0 aliphatic carbocycles. The van der Waals surface area contributed by atoms with Crippen LogP contribution in [0.5, 0.6) is 0 Å². The SMILES string of the molecule is [Al].[Fe].[Gd].[Y]. The Morgan fingerprint density at radius 1 is 1.00 bits per heavy atom. The Kier molecular flexibility index (Phi) is 104. The van der Waals surface area contributed by atoms with Gasteiger partial charge in [0.25, 0.3) is 0 Å². The molecule has 0 rings (SSSR count). The maximum Gasteiger partial charge on any atom is 0 e. The summed E-state index contributed by atoms with van der Waals surface area (Å²) >= 11 is 0. The molecule has 0 bridgehead atoms. The first kappa shape index (κ1) is 25.9. The largest absolute Gasteiger partial charge is 0 e. The van der Waals surface area contributed by atoms with Crippen molar-refractivity contribution in [2.75, 3.05) is 0 Å². The van der Waals surface area contributed by atoms with Crippen LogP contribution in [0.1, 0.15) is 0 Å². The van der Waals surface area contributed by atoms with E-state index in [-0.39, 0.29) is 107 Å². The Morgan fingerprint density at radius 2 is 1.00 bits per heavy atom. The average molecular weight is 329 g/mol. The Bertz CT molecular complexity index is 8.00. The number of hydrogen-bond donors (Lipinski definition) is 0. The van der Waals surface area contributed by atoms with Crippen molar-refractivity contribution in [1.82, 2.24) is 0 Å². The van der Waals surface area contributed by atoms with E-state index in [4.69, 9.17) is 0 Å². The van der Waals surface area contributed by atoms with Crippen molar-refractivity contribution < 1.29 is 89.7 Å². The molecule has 0 spiro atoms. The summed E-state index contributed by atoms with van der Waals surface area (Å²) < 4.78 is 0. The van der Waals surface area contributed by atoms with Gasteiger partial charge in [0, 0.05) is 107 Å². The summed E-state index contributed by atoms with van der Waals surface area (Å²) in [4.78, 5) is 0. The van der Waals surface area contributed by atoms with Gasteiger partial charge in [0.05, 0.1) is 0 Å². The normalized spacial score (nSPS) is 0. The molecule has 0 aromatic heterocycles. The maximum absolute atomic E-state index is 0. The van der Waals surface area contributed by atoms with Crippen LogP contribution >= 0.6 is 0 Å². The second-order valence-electron chi connectivity index (χ2n) is 0. The standard InChI is InChI=1S/Al.Fe.Gd.Y. The van der Waals surface area contributed by atoms with E-state index in [0.717, 1.165) is 0 Å². The van der Waals surface area contributed by atoms with Crippen LogP contribution in [0.4, 0.5) is 0 Å². The molecule has 0 unspecified atom stereocenters. The fourth-order valence-corrected chi connectivity index (χ4v) is 0. The average Bonchev–Trinajstić information content (AvgIpc) is 0. The first-order valence-electron chi connectivity index (χ1n) is 0. The summed E-state index contributed by atoms with van der Waals surface area (Å²) in [6.45, 7) is 0. The van der Waals surface area contributed by atoms with E-state index in [2.05, 4.69) is 0 Å². The third-order valence-corrected chi connectivity index (χ3v) is 0. The molecule has 4 heavy (non-hydrogen) atoms. The first-order chi connectivity index (χ1) is 0. The van der Waals surface area contributed by atoms with Gasteiger partial charge in [-0.25, -0.2) is 0 Å². The van der Waals surface area contributed by atoms with Crippen molar-refractivity contribution >= 4 is 17.4 Å². The fraction of sp³-hybridized carbons (Fsp3) is 0. The van der Waals surface area contributed by atoms with Gasteiger partial charge >= 0.3 is 0 Å². The predicted molar refractivity (Wildman–Crippen MR) is 5.75 cm³/mol. The molecule has 4 radical (unpaired) electrons. The Labute approximate surface area is 104 Å². The predicted octanol–water partition coefficient (Wildman–Crippen LogP) is -0.386. The molecule has 0 N–H and O–H groups in total. The molecule has 0 saturated heterocycles. The van der Waals surface area contributed by atoms with E-state index >= 15 is 0 Å². The van der Waals surface area contributed by atoms with Crippen LogP contribution in [0.2, 0.25) is 0 Å². The second-order valence-corrected chi connectivity index (χ2v) is 0. The molecule has 0 aromatic carbocycles. The van der Waals surface area contributed by atoms with Gasteiger partial charge in [-0.1, -0.05) is 0 Å². The van der Waals surface area contributed by atoms with Gasteiger partial charge in [-0.2, -0.15) is 0 Å². The van der Waals surface area contributed by atoms with Crippen LogP contribution in [0.3, 0.4) is 0 Å². The van der Waals surface area contributed by atoms with E-state index in [1.54, 1.807) is 0 Å². The van der Waals surface area contributed by atoms with Gasteiger partial charge in [0.1, 0.15) is 0 Å². The zero-order valence-electron chi connectivity index (χ0n) is 1.86. The minimum Gasteiger partial charge on any atom is 0 e. The summed E-state index contributed by atoms with van der Waals surface area (Å²) in [6.07, 6.45) is 0. The van der Waals surface area contributed by atoms with Crippen LogP contribution in [-0.4, -0.2) is 17.4 Å². The summed E-state index contributed by atoms with van der Waals surface area (Å²) in [5.74, 6) is 0. The number of rotatable bonds is 0. The third kappa shape index (κ3) is 9.08. The van der Waals surface area contributed by atoms with Crippen LogP contribution in [0.15, 0.2) is 0 Å². The molecule has 0 amide bonds. The van der Waals surface area contributed by atoms with Crippen molar-refractivity contribution in [1.29, 1.82) is 0 Å². The van der Waals surface area contributed by atoms with Gasteiger partial charge < -0.3 is 0 Å². The minimum absolute atomic E-state index is 0. The first-order valence-corrected chi connectivity index (χ1v) is 0. The molecule has 22 valence electrons. The Balaban J connectivity index is 0. The zero-order valence-corrected chi connectivity index (χ0v) is 9.23. The van der Waals surface area contributed by atoms with Gasteiger partial charge in [0.2, 0.25) is 0 Å². The maximum atomic E-state index is 0. The summed E-state index contributed by atoms with van der Waals surface area (Å²) in [7, 11) is 0. The van der Waals surface area contributed by atoms with Gasteiger partial charge in [-0.15, -0.1) is 0 Å². The monoisotopic (exact) mass is 330 g/mol. The van der Waals surface area contributed by atoms with Crippen molar-refractivity contribution in [3.05, 3.63) is 0 Å². The van der Waals surface area contributed by atoms with Crippen molar-refractivity contribution in [3.63, 3.8) is 0 Å². The molecular weight excluding hydrogens is 329 g/mol. The molecule has 0 aliphatic heterocycles. The van der Waals surface area contributed by atoms with Crippen LogP contribution < -0.4 is 0 Å². The van der Waals surface area contributed by atoms with E-state index in [1.165, 1.54) is 0 Å². The molecule has 0 saturated carbocycles. The zero-order chi connectivity index (χ0) is 0. The summed E-state index contributed by atoms with van der Waals surface area (Å²) in [6, 6.07) is 0. The molecule has 0 heterocycles. The van der Waals surface area contributed by atoms with Crippen LogP contribution in [0.25, 0.3) is 0 Å². The molecule has 4 heteroatoms. The van der Waals surface area contributed by atoms with Gasteiger partial charge in [-0.05, 0) is 0 Å². The summed E-state index contributed by atoms with van der Waals surface area (Å²) in [5.41, 5.74) is 0. The van der Waals surface area contributed by atoms with E-state index in [9.17, 15) is 0 Å². The van der Waals surface area contributed by atoms with E-state index < -0.39 is 0 Å². The molecule has 0 atom stereocenters. The van der Waals surface area contributed by atoms with Crippen LogP contribution in [-0.2, 0) is 49.8 Å². The van der Waals surface area contributed by atoms with E-state index in [1.807, 2.05) is 0 Å². The molecule has 0 nitrogen and oxygen atoms in total. The van der Waals surface area contributed by atoms with Crippen molar-refractivity contribution in [3.8, 4) is 0 Å².